The van der Waals surface area contributed by atoms with Gasteiger partial charge in [0.1, 0.15) is 19.0 Å². The zero-order valence-electron chi connectivity index (χ0n) is 18.7. The maximum Gasteiger partial charge on any atom is 0.216 e. The summed E-state index contributed by atoms with van der Waals surface area (Å²) in [6.07, 6.45) is 0. The maximum absolute atomic E-state index is 11.0. The average Bonchev–Trinajstić information content (AvgIpc) is 2.83. The van der Waals surface area contributed by atoms with Crippen LogP contribution >= 0.6 is 11.6 Å². The van der Waals surface area contributed by atoms with E-state index < -0.39 is 0 Å². The number of methoxy groups -OCH3 is 1. The van der Waals surface area contributed by atoms with E-state index in [1.165, 1.54) is 6.92 Å². The number of hydrogen-bond acceptors (Lipinski definition) is 5. The summed E-state index contributed by atoms with van der Waals surface area (Å²) in [5.74, 6) is 2.23. The van der Waals surface area contributed by atoms with Crippen molar-refractivity contribution in [2.24, 2.45) is 0 Å². The number of fused-ring (bicyclic) bond motifs is 1. The van der Waals surface area contributed by atoms with E-state index in [4.69, 9.17) is 25.8 Å². The van der Waals surface area contributed by atoms with E-state index in [0.717, 1.165) is 45.1 Å². The average molecular weight is 467 g/mol. The highest BCUT2D eigenvalue weighted by atomic mass is 35.5. The van der Waals surface area contributed by atoms with Crippen LogP contribution < -0.4 is 24.8 Å². The van der Waals surface area contributed by atoms with Crippen LogP contribution in [0.4, 0.5) is 0 Å². The first-order valence-electron chi connectivity index (χ1n) is 10.9. The Labute approximate surface area is 198 Å². The van der Waals surface area contributed by atoms with Crippen molar-refractivity contribution >= 4 is 17.5 Å². The molecule has 6 nitrogen and oxygen atoms in total. The molecule has 0 atom stereocenters. The minimum atomic E-state index is -0.0333. The van der Waals surface area contributed by atoms with Crippen molar-refractivity contribution in [3.8, 4) is 39.5 Å². The molecule has 4 rings (SSSR count). The number of ether oxygens (including phenoxy) is 3. The van der Waals surface area contributed by atoms with Crippen LogP contribution in [0.15, 0.2) is 54.6 Å². The van der Waals surface area contributed by atoms with Crippen molar-refractivity contribution in [2.45, 2.75) is 13.5 Å². The van der Waals surface area contributed by atoms with E-state index in [9.17, 15) is 4.79 Å². The summed E-state index contributed by atoms with van der Waals surface area (Å²) in [7, 11) is 1.66. The first-order chi connectivity index (χ1) is 16.1. The number of hydrogen-bond donors (Lipinski definition) is 2. The standard InChI is InChI=1S/C26H27ClN2O4/c1-17(30)29-11-10-28-16-20-7-6-18(14-24(20)31-2)21-4-3-5-22(26(21)27)19-8-9-23-25(15-19)33-13-12-32-23/h3-9,14-15,28H,10-13,16H2,1-2H3,(H,29,30). The Morgan fingerprint density at radius 3 is 2.39 bits per heavy atom. The summed E-state index contributed by atoms with van der Waals surface area (Å²) in [4.78, 5) is 11.0. The van der Waals surface area contributed by atoms with Crippen LogP contribution in [-0.2, 0) is 11.3 Å². The van der Waals surface area contributed by atoms with Gasteiger partial charge in [-0.2, -0.15) is 0 Å². The van der Waals surface area contributed by atoms with Crippen LogP contribution in [0.1, 0.15) is 12.5 Å². The first kappa shape index (κ1) is 23.0. The third-order valence-corrected chi connectivity index (χ3v) is 5.85. The Bertz CT molecular complexity index is 1150. The fourth-order valence-electron chi connectivity index (χ4n) is 3.80. The number of halogens is 1. The molecule has 7 heteroatoms. The van der Waals surface area contributed by atoms with Gasteiger partial charge < -0.3 is 24.8 Å². The minimum Gasteiger partial charge on any atom is -0.496 e. The van der Waals surface area contributed by atoms with Gasteiger partial charge in [0.25, 0.3) is 0 Å². The molecule has 0 spiro atoms. The molecule has 1 amide bonds. The van der Waals surface area contributed by atoms with Crippen molar-refractivity contribution in [1.82, 2.24) is 10.6 Å². The van der Waals surface area contributed by atoms with Gasteiger partial charge in [-0.25, -0.2) is 0 Å². The fourth-order valence-corrected chi connectivity index (χ4v) is 4.14. The monoisotopic (exact) mass is 466 g/mol. The molecule has 0 bridgehead atoms. The second-order valence-corrected chi connectivity index (χ2v) is 8.09. The van der Waals surface area contributed by atoms with Crippen LogP contribution in [-0.4, -0.2) is 39.3 Å². The lowest BCUT2D eigenvalue weighted by Gasteiger charge is -2.19. The summed E-state index contributed by atoms with van der Waals surface area (Å²) in [6, 6.07) is 18.0. The molecule has 1 aliphatic rings. The molecule has 0 saturated carbocycles. The zero-order chi connectivity index (χ0) is 23.2. The lowest BCUT2D eigenvalue weighted by Crippen LogP contribution is -2.29. The lowest BCUT2D eigenvalue weighted by molar-refractivity contribution is -0.118. The summed E-state index contributed by atoms with van der Waals surface area (Å²) in [5.41, 5.74) is 4.82. The molecular weight excluding hydrogens is 440 g/mol. The molecule has 3 aromatic rings. The fraction of sp³-hybridized carbons (Fsp3) is 0.269. The van der Waals surface area contributed by atoms with E-state index in [1.54, 1.807) is 7.11 Å². The van der Waals surface area contributed by atoms with Gasteiger partial charge in [-0.3, -0.25) is 4.79 Å². The van der Waals surface area contributed by atoms with Crippen molar-refractivity contribution in [3.05, 3.63) is 65.2 Å². The van der Waals surface area contributed by atoms with E-state index in [2.05, 4.69) is 10.6 Å². The molecule has 172 valence electrons. The lowest BCUT2D eigenvalue weighted by atomic mass is 9.97. The van der Waals surface area contributed by atoms with E-state index in [1.807, 2.05) is 54.6 Å². The summed E-state index contributed by atoms with van der Waals surface area (Å²) in [6.45, 7) is 4.50. The van der Waals surface area contributed by atoms with Crippen LogP contribution in [0.5, 0.6) is 17.2 Å². The molecule has 0 saturated heterocycles. The Morgan fingerprint density at radius 1 is 0.970 bits per heavy atom. The van der Waals surface area contributed by atoms with Gasteiger partial charge >= 0.3 is 0 Å². The van der Waals surface area contributed by atoms with Gasteiger partial charge in [-0.15, -0.1) is 0 Å². The third kappa shape index (κ3) is 5.41. The summed E-state index contributed by atoms with van der Waals surface area (Å²) >= 11 is 6.88. The Balaban J connectivity index is 1.56. The SMILES string of the molecule is COc1cc(-c2cccc(-c3ccc4c(c3)OCCO4)c2Cl)ccc1CNCCNC(C)=O. The van der Waals surface area contributed by atoms with Crippen molar-refractivity contribution < 1.29 is 19.0 Å². The van der Waals surface area contributed by atoms with Crippen LogP contribution in [0.25, 0.3) is 22.3 Å². The number of benzene rings is 3. The van der Waals surface area contributed by atoms with E-state index in [-0.39, 0.29) is 5.91 Å². The molecule has 2 N–H and O–H groups in total. The zero-order valence-corrected chi connectivity index (χ0v) is 19.5. The van der Waals surface area contributed by atoms with Crippen molar-refractivity contribution in [3.63, 3.8) is 0 Å². The number of amides is 1. The van der Waals surface area contributed by atoms with E-state index >= 15 is 0 Å². The summed E-state index contributed by atoms with van der Waals surface area (Å²) in [5, 5.41) is 6.75. The molecule has 0 aromatic heterocycles. The molecule has 0 radical (unpaired) electrons. The third-order valence-electron chi connectivity index (χ3n) is 5.44. The summed E-state index contributed by atoms with van der Waals surface area (Å²) < 4.78 is 17.0. The molecule has 0 unspecified atom stereocenters. The van der Waals surface area contributed by atoms with Crippen LogP contribution in [0.2, 0.25) is 5.02 Å². The normalized spacial score (nSPS) is 12.3. The van der Waals surface area contributed by atoms with Gasteiger partial charge in [0.05, 0.1) is 12.1 Å². The van der Waals surface area contributed by atoms with Crippen LogP contribution in [0.3, 0.4) is 0 Å². The molecule has 1 heterocycles. The van der Waals surface area contributed by atoms with Gasteiger partial charge in [-0.1, -0.05) is 48.0 Å². The highest BCUT2D eigenvalue weighted by Gasteiger charge is 2.16. The van der Waals surface area contributed by atoms with Gasteiger partial charge in [0.2, 0.25) is 5.91 Å². The number of nitrogens with one attached hydrogen (secondary N) is 2. The number of carbonyl (C=O) groups excluding carboxylic acids is 1. The quantitative estimate of drug-likeness (QED) is 0.472. The smallest absolute Gasteiger partial charge is 0.216 e. The second kappa shape index (κ2) is 10.6. The Morgan fingerprint density at radius 2 is 1.67 bits per heavy atom. The predicted molar refractivity (Wildman–Crippen MR) is 130 cm³/mol. The Kier molecular flexibility index (Phi) is 7.37. The van der Waals surface area contributed by atoms with Crippen molar-refractivity contribution in [1.29, 1.82) is 0 Å². The molecule has 0 fully saturated rings. The maximum atomic E-state index is 11.0. The second-order valence-electron chi connectivity index (χ2n) is 7.71. The van der Waals surface area contributed by atoms with Crippen molar-refractivity contribution in [2.75, 3.05) is 33.4 Å². The molecular formula is C26H27ClN2O4. The first-order valence-corrected chi connectivity index (χ1v) is 11.3. The molecule has 3 aromatic carbocycles. The molecule has 0 aliphatic carbocycles. The van der Waals surface area contributed by atoms with Gasteiger partial charge in [0.15, 0.2) is 11.5 Å². The molecule has 33 heavy (non-hydrogen) atoms. The number of rotatable bonds is 8. The topological polar surface area (TPSA) is 68.8 Å². The van der Waals surface area contributed by atoms with E-state index in [0.29, 0.717) is 37.9 Å². The largest absolute Gasteiger partial charge is 0.496 e. The van der Waals surface area contributed by atoms with Gasteiger partial charge in [-0.05, 0) is 29.3 Å². The minimum absolute atomic E-state index is 0.0333. The van der Waals surface area contributed by atoms with Gasteiger partial charge in [0, 0.05) is 43.2 Å². The molecule has 1 aliphatic heterocycles. The number of carbonyl (C=O) groups is 1. The van der Waals surface area contributed by atoms with Crippen LogP contribution in [0, 0.1) is 0 Å². The Hall–Kier alpha value is -3.22. The highest BCUT2D eigenvalue weighted by Crippen LogP contribution is 2.41. The predicted octanol–water partition coefficient (Wildman–Crippen LogP) is 4.68. The highest BCUT2D eigenvalue weighted by molar-refractivity contribution is 6.36.